The molecule has 1 N–H and O–H groups in total. The summed E-state index contributed by atoms with van der Waals surface area (Å²) in [6, 6.07) is 0. The smallest absolute Gasteiger partial charge is 0.246 e. The highest BCUT2D eigenvalue weighted by Gasteiger charge is 2.31. The number of rotatable bonds is 5. The summed E-state index contributed by atoms with van der Waals surface area (Å²) in [7, 11) is 2.87. The molecule has 0 bridgehead atoms. The van der Waals surface area contributed by atoms with Crippen LogP contribution in [0.25, 0.3) is 0 Å². The molecule has 20 heavy (non-hydrogen) atoms. The van der Waals surface area contributed by atoms with Crippen molar-refractivity contribution in [2.24, 2.45) is 5.92 Å². The molecular formula is C14H20N2O4. The van der Waals surface area contributed by atoms with Crippen LogP contribution in [0.5, 0.6) is 11.8 Å². The fourth-order valence-corrected chi connectivity index (χ4v) is 2.57. The van der Waals surface area contributed by atoms with E-state index in [1.165, 1.54) is 26.8 Å². The Morgan fingerprint density at radius 3 is 2.60 bits per heavy atom. The zero-order valence-corrected chi connectivity index (χ0v) is 11.8. The van der Waals surface area contributed by atoms with E-state index in [9.17, 15) is 9.90 Å². The molecule has 1 fully saturated rings. The van der Waals surface area contributed by atoms with E-state index < -0.39 is 11.9 Å². The summed E-state index contributed by atoms with van der Waals surface area (Å²) >= 11 is 0. The van der Waals surface area contributed by atoms with Gasteiger partial charge < -0.3 is 14.6 Å². The highest BCUT2D eigenvalue weighted by Crippen LogP contribution is 2.29. The van der Waals surface area contributed by atoms with Crippen molar-refractivity contribution >= 4 is 5.78 Å². The van der Waals surface area contributed by atoms with Crippen molar-refractivity contribution in [3.05, 3.63) is 11.9 Å². The zero-order chi connectivity index (χ0) is 14.5. The highest BCUT2D eigenvalue weighted by atomic mass is 16.5. The fourth-order valence-electron chi connectivity index (χ4n) is 2.57. The lowest BCUT2D eigenvalue weighted by atomic mass is 9.83. The van der Waals surface area contributed by atoms with Crippen molar-refractivity contribution in [2.45, 2.75) is 38.2 Å². The third-order valence-electron chi connectivity index (χ3n) is 3.72. The van der Waals surface area contributed by atoms with Gasteiger partial charge in [0.05, 0.1) is 20.4 Å². The van der Waals surface area contributed by atoms with E-state index in [0.717, 1.165) is 25.7 Å². The fraction of sp³-hybridized carbons (Fsp3) is 0.643. The van der Waals surface area contributed by atoms with Gasteiger partial charge in [-0.15, -0.1) is 0 Å². The second kappa shape index (κ2) is 6.65. The van der Waals surface area contributed by atoms with Gasteiger partial charge in [-0.1, -0.05) is 19.3 Å². The van der Waals surface area contributed by atoms with E-state index >= 15 is 0 Å². The molecule has 1 aliphatic carbocycles. The van der Waals surface area contributed by atoms with Gasteiger partial charge in [0.25, 0.3) is 0 Å². The molecule has 0 radical (unpaired) electrons. The van der Waals surface area contributed by atoms with Crippen LogP contribution in [0.3, 0.4) is 0 Å². The van der Waals surface area contributed by atoms with Crippen LogP contribution < -0.4 is 9.47 Å². The molecule has 1 heterocycles. The molecule has 1 atom stereocenters. The number of carbonyl (C=O) groups excluding carboxylic acids is 1. The summed E-state index contributed by atoms with van der Waals surface area (Å²) in [5, 5.41) is 10.2. The Morgan fingerprint density at radius 1 is 1.30 bits per heavy atom. The van der Waals surface area contributed by atoms with Crippen LogP contribution in [0.15, 0.2) is 6.20 Å². The monoisotopic (exact) mass is 280 g/mol. The molecule has 1 aromatic heterocycles. The maximum absolute atomic E-state index is 12.3. The van der Waals surface area contributed by atoms with Crippen LogP contribution in [0.1, 0.15) is 42.6 Å². The molecule has 1 unspecified atom stereocenters. The average molecular weight is 280 g/mol. The SMILES string of the molecule is COc1cnc(C(=O)C(O)C2CCCCC2)c(OC)n1. The van der Waals surface area contributed by atoms with E-state index in [4.69, 9.17) is 9.47 Å². The van der Waals surface area contributed by atoms with Crippen LogP contribution in [0.2, 0.25) is 0 Å². The molecule has 2 rings (SSSR count). The maximum Gasteiger partial charge on any atom is 0.246 e. The number of aliphatic hydroxyl groups excluding tert-OH is 1. The standard InChI is InChI=1S/C14H20N2O4/c1-19-10-8-15-11(14(16-10)20-2)13(18)12(17)9-6-4-3-5-7-9/h8-9,12,17H,3-7H2,1-2H3. The summed E-state index contributed by atoms with van der Waals surface area (Å²) in [5.74, 6) is -0.0662. The van der Waals surface area contributed by atoms with Crippen LogP contribution >= 0.6 is 0 Å². The third kappa shape index (κ3) is 3.07. The van der Waals surface area contributed by atoms with Crippen LogP contribution in [-0.2, 0) is 0 Å². The summed E-state index contributed by atoms with van der Waals surface area (Å²) < 4.78 is 10.0. The predicted molar refractivity (Wildman–Crippen MR) is 72.0 cm³/mol. The van der Waals surface area contributed by atoms with Gasteiger partial charge in [-0.3, -0.25) is 4.79 Å². The number of nitrogens with zero attached hydrogens (tertiary/aromatic N) is 2. The number of hydrogen-bond donors (Lipinski definition) is 1. The second-order valence-corrected chi connectivity index (χ2v) is 4.98. The predicted octanol–water partition coefficient (Wildman–Crippen LogP) is 1.62. The van der Waals surface area contributed by atoms with Gasteiger partial charge >= 0.3 is 0 Å². The molecule has 110 valence electrons. The minimum absolute atomic E-state index is 0.00450. The number of carbonyl (C=O) groups is 1. The quantitative estimate of drug-likeness (QED) is 0.825. The molecule has 0 aliphatic heterocycles. The number of ether oxygens (including phenoxy) is 2. The van der Waals surface area contributed by atoms with E-state index in [-0.39, 0.29) is 23.4 Å². The Morgan fingerprint density at radius 2 is 2.00 bits per heavy atom. The number of hydrogen-bond acceptors (Lipinski definition) is 6. The molecule has 6 heteroatoms. The molecule has 0 aromatic carbocycles. The summed E-state index contributed by atoms with van der Waals surface area (Å²) in [6.07, 6.45) is 5.34. The highest BCUT2D eigenvalue weighted by molar-refractivity contribution is 5.99. The Bertz CT molecular complexity index is 472. The van der Waals surface area contributed by atoms with Crippen molar-refractivity contribution in [1.29, 1.82) is 0 Å². The molecule has 1 saturated carbocycles. The first-order chi connectivity index (χ1) is 9.67. The van der Waals surface area contributed by atoms with Gasteiger partial charge in [-0.2, -0.15) is 4.98 Å². The number of aliphatic hydroxyl groups is 1. The Hall–Kier alpha value is -1.69. The second-order valence-electron chi connectivity index (χ2n) is 4.98. The lowest BCUT2D eigenvalue weighted by Gasteiger charge is -2.25. The van der Waals surface area contributed by atoms with Crippen LogP contribution in [0.4, 0.5) is 0 Å². The Kier molecular flexibility index (Phi) is 4.89. The largest absolute Gasteiger partial charge is 0.480 e. The van der Waals surface area contributed by atoms with Crippen molar-refractivity contribution in [3.8, 4) is 11.8 Å². The van der Waals surface area contributed by atoms with Crippen molar-refractivity contribution in [3.63, 3.8) is 0 Å². The van der Waals surface area contributed by atoms with Crippen LogP contribution in [-0.4, -0.2) is 41.2 Å². The molecule has 1 aliphatic rings. The first-order valence-corrected chi connectivity index (χ1v) is 6.84. The number of Topliss-reactive ketones (excluding diaryl/α,β-unsaturated/α-hetero) is 1. The molecule has 0 saturated heterocycles. The van der Waals surface area contributed by atoms with Gasteiger partial charge in [0.2, 0.25) is 17.5 Å². The van der Waals surface area contributed by atoms with Gasteiger partial charge in [-0.25, -0.2) is 4.98 Å². The van der Waals surface area contributed by atoms with E-state index in [1.807, 2.05) is 0 Å². The van der Waals surface area contributed by atoms with E-state index in [1.54, 1.807) is 0 Å². The Balaban J connectivity index is 2.19. The molecule has 0 amide bonds. The molecule has 6 nitrogen and oxygen atoms in total. The lowest BCUT2D eigenvalue weighted by molar-refractivity contribution is 0.0525. The Labute approximate surface area is 118 Å². The summed E-state index contributed by atoms with van der Waals surface area (Å²) in [5.41, 5.74) is 0.0615. The van der Waals surface area contributed by atoms with Gasteiger partial charge in [0.1, 0.15) is 6.10 Å². The number of ketones is 1. The first kappa shape index (κ1) is 14.7. The normalized spacial score (nSPS) is 17.6. The van der Waals surface area contributed by atoms with Gasteiger partial charge in [0, 0.05) is 0 Å². The summed E-state index contributed by atoms with van der Waals surface area (Å²) in [6.45, 7) is 0. The zero-order valence-electron chi connectivity index (χ0n) is 11.8. The van der Waals surface area contributed by atoms with Gasteiger partial charge in [0.15, 0.2) is 5.69 Å². The minimum Gasteiger partial charge on any atom is -0.480 e. The lowest BCUT2D eigenvalue weighted by Crippen LogP contribution is -2.32. The van der Waals surface area contributed by atoms with Crippen molar-refractivity contribution in [2.75, 3.05) is 14.2 Å². The maximum atomic E-state index is 12.3. The topological polar surface area (TPSA) is 81.5 Å². The third-order valence-corrected chi connectivity index (χ3v) is 3.72. The number of methoxy groups -OCH3 is 2. The van der Waals surface area contributed by atoms with Crippen molar-refractivity contribution < 1.29 is 19.4 Å². The minimum atomic E-state index is -1.04. The van der Waals surface area contributed by atoms with Crippen molar-refractivity contribution in [1.82, 2.24) is 9.97 Å². The molecule has 1 aromatic rings. The number of aromatic nitrogens is 2. The van der Waals surface area contributed by atoms with Gasteiger partial charge in [-0.05, 0) is 18.8 Å². The molecular weight excluding hydrogens is 260 g/mol. The molecule has 0 spiro atoms. The average Bonchev–Trinajstić information content (AvgIpc) is 2.53. The van der Waals surface area contributed by atoms with E-state index in [0.29, 0.717) is 0 Å². The van der Waals surface area contributed by atoms with Crippen LogP contribution in [0, 0.1) is 5.92 Å². The first-order valence-electron chi connectivity index (χ1n) is 6.84. The van der Waals surface area contributed by atoms with E-state index in [2.05, 4.69) is 9.97 Å². The summed E-state index contributed by atoms with van der Waals surface area (Å²) in [4.78, 5) is 20.4.